The van der Waals surface area contributed by atoms with Gasteiger partial charge in [0.25, 0.3) is 0 Å². The molecule has 0 saturated heterocycles. The van der Waals surface area contributed by atoms with Crippen LogP contribution in [0.15, 0.2) is 28.4 Å². The van der Waals surface area contributed by atoms with Crippen LogP contribution in [-0.4, -0.2) is 12.0 Å². The van der Waals surface area contributed by atoms with E-state index in [1.807, 2.05) is 22.6 Å². The number of alkyl halides is 3. The number of rotatable bonds is 3. The lowest BCUT2D eigenvalue weighted by atomic mass is 9.96. The van der Waals surface area contributed by atoms with Gasteiger partial charge in [0.2, 0.25) is 0 Å². The molecule has 1 aromatic rings. The van der Waals surface area contributed by atoms with E-state index < -0.39 is 11.8 Å². The van der Waals surface area contributed by atoms with Crippen LogP contribution < -0.4 is 0 Å². The Hall–Kier alpha value is -0.990. The summed E-state index contributed by atoms with van der Waals surface area (Å²) >= 11 is 1.86. The van der Waals surface area contributed by atoms with Gasteiger partial charge in [-0.2, -0.15) is 13.2 Å². The summed E-state index contributed by atoms with van der Waals surface area (Å²) in [6.45, 7) is 3.49. The average Bonchev–Trinajstić information content (AvgIpc) is 3.08. The van der Waals surface area contributed by atoms with Crippen LogP contribution in [0, 0.1) is 9.49 Å². The monoisotopic (exact) mass is 382 g/mol. The Morgan fingerprint density at radius 1 is 1.32 bits per heavy atom. The predicted octanol–water partition coefficient (Wildman–Crippen LogP) is 4.31. The quantitative estimate of drug-likeness (QED) is 0.568. The second-order valence-corrected chi connectivity index (χ2v) is 5.75. The van der Waals surface area contributed by atoms with Gasteiger partial charge >= 0.3 is 11.8 Å². The highest BCUT2D eigenvalue weighted by molar-refractivity contribution is 14.1. The second kappa shape index (κ2) is 4.53. The van der Waals surface area contributed by atoms with Crippen LogP contribution in [0.25, 0.3) is 0 Å². The van der Waals surface area contributed by atoms with E-state index in [2.05, 4.69) is 10.2 Å². The molecule has 3 nitrogen and oxygen atoms in total. The Morgan fingerprint density at radius 2 is 1.89 bits per heavy atom. The molecule has 102 valence electrons. The topological polar surface area (TPSA) is 41.8 Å². The molecule has 1 aliphatic rings. The number of halogens is 4. The molecule has 1 heterocycles. The molecule has 19 heavy (non-hydrogen) atoms. The van der Waals surface area contributed by atoms with Gasteiger partial charge in [0, 0.05) is 20.6 Å². The third kappa shape index (κ3) is 2.39. The summed E-state index contributed by atoms with van der Waals surface area (Å²) in [7, 11) is 0. The molecule has 0 radical (unpaired) electrons. The first-order valence-corrected chi connectivity index (χ1v) is 6.62. The van der Waals surface area contributed by atoms with E-state index in [1.165, 1.54) is 18.2 Å². The Bertz CT molecular complexity index is 561. The van der Waals surface area contributed by atoms with Crippen molar-refractivity contribution in [1.82, 2.24) is 0 Å². The Labute approximate surface area is 121 Å². The summed E-state index contributed by atoms with van der Waals surface area (Å²) in [5, 5.41) is 6.28. The van der Waals surface area contributed by atoms with Crippen LogP contribution in [-0.2, 0) is 5.66 Å². The molecule has 0 aromatic heterocycles. The van der Waals surface area contributed by atoms with Crippen molar-refractivity contribution in [3.63, 3.8) is 0 Å². The minimum Gasteiger partial charge on any atom is -0.294 e. The molecule has 0 atom stereocenters. The van der Waals surface area contributed by atoms with Crippen molar-refractivity contribution in [3.05, 3.63) is 32.9 Å². The van der Waals surface area contributed by atoms with Crippen molar-refractivity contribution in [1.29, 1.82) is 0 Å². The molecule has 1 aromatic carbocycles. The van der Waals surface area contributed by atoms with Gasteiger partial charge in [0.15, 0.2) is 5.78 Å². The molecular formula is C12H10F3IN2O. The van der Waals surface area contributed by atoms with Gasteiger partial charge in [0.05, 0.1) is 0 Å². The van der Waals surface area contributed by atoms with E-state index in [-0.39, 0.29) is 17.3 Å². The molecule has 7 heteroatoms. The summed E-state index contributed by atoms with van der Waals surface area (Å²) in [4.78, 5) is 11.9. The van der Waals surface area contributed by atoms with E-state index in [4.69, 9.17) is 0 Å². The molecule has 0 amide bonds. The first-order valence-electron chi connectivity index (χ1n) is 5.54. The maximum absolute atomic E-state index is 12.8. The van der Waals surface area contributed by atoms with Gasteiger partial charge < -0.3 is 0 Å². The molecule has 0 unspecified atom stereocenters. The maximum atomic E-state index is 12.8. The summed E-state index contributed by atoms with van der Waals surface area (Å²) in [5.74, 6) is -0.298. The van der Waals surface area contributed by atoms with Crippen LogP contribution in [0.1, 0.15) is 29.8 Å². The molecule has 0 bridgehead atoms. The number of benzene rings is 1. The second-order valence-electron chi connectivity index (χ2n) is 4.58. The van der Waals surface area contributed by atoms with E-state index in [1.54, 1.807) is 13.8 Å². The molecule has 0 spiro atoms. The first kappa shape index (κ1) is 14.4. The molecule has 0 N–H and O–H groups in total. The zero-order chi connectivity index (χ0) is 14.4. The van der Waals surface area contributed by atoms with Crippen molar-refractivity contribution in [3.8, 4) is 0 Å². The molecule has 1 aliphatic heterocycles. The number of Topliss-reactive ketones (excluding diaryl/α,β-unsaturated/α-hetero) is 1. The third-order valence-electron chi connectivity index (χ3n) is 2.86. The SMILES string of the molecule is CC(C)C(=O)c1ccc(C2(C(F)(F)F)N=N2)cc1I. The van der Waals surface area contributed by atoms with Crippen LogP contribution in [0.5, 0.6) is 0 Å². The largest absolute Gasteiger partial charge is 0.442 e. The predicted molar refractivity (Wildman–Crippen MR) is 70.9 cm³/mol. The molecule has 0 fully saturated rings. The van der Waals surface area contributed by atoms with Crippen molar-refractivity contribution < 1.29 is 18.0 Å². The van der Waals surface area contributed by atoms with Gasteiger partial charge in [-0.15, -0.1) is 10.2 Å². The standard InChI is InChI=1S/C12H10F3IN2O/c1-6(2)10(19)8-4-3-7(5-9(8)16)11(17-18-11)12(13,14)15/h3-6H,1-2H3. The highest BCUT2D eigenvalue weighted by Gasteiger charge is 2.65. The number of carbonyl (C=O) groups excluding carboxylic acids is 1. The number of hydrogen-bond donors (Lipinski definition) is 0. The van der Waals surface area contributed by atoms with E-state index in [0.29, 0.717) is 9.13 Å². The zero-order valence-corrected chi connectivity index (χ0v) is 12.3. The molecule has 0 saturated carbocycles. The molecule has 0 aliphatic carbocycles. The van der Waals surface area contributed by atoms with E-state index >= 15 is 0 Å². The van der Waals surface area contributed by atoms with E-state index in [9.17, 15) is 18.0 Å². The highest BCUT2D eigenvalue weighted by atomic mass is 127. The third-order valence-corrected chi connectivity index (χ3v) is 3.75. The Morgan fingerprint density at radius 3 is 2.26 bits per heavy atom. The lowest BCUT2D eigenvalue weighted by Gasteiger charge is -2.16. The van der Waals surface area contributed by atoms with Crippen molar-refractivity contribution >= 4 is 28.4 Å². The number of ketones is 1. The minimum atomic E-state index is -4.54. The lowest BCUT2D eigenvalue weighted by Crippen LogP contribution is -2.30. The van der Waals surface area contributed by atoms with Crippen molar-refractivity contribution in [2.45, 2.75) is 25.7 Å². The summed E-state index contributed by atoms with van der Waals surface area (Å²) in [6, 6.07) is 4.01. The fourth-order valence-electron chi connectivity index (χ4n) is 1.69. The normalized spacial score (nSPS) is 16.8. The molecule has 2 rings (SSSR count). The average molecular weight is 382 g/mol. The Balaban J connectivity index is 2.38. The fraction of sp³-hybridized carbons (Fsp3) is 0.417. The van der Waals surface area contributed by atoms with Gasteiger partial charge in [-0.25, -0.2) is 0 Å². The van der Waals surface area contributed by atoms with Crippen LogP contribution in [0.4, 0.5) is 13.2 Å². The summed E-state index contributed by atoms with van der Waals surface area (Å²) in [6.07, 6.45) is -4.54. The highest BCUT2D eigenvalue weighted by Crippen LogP contribution is 2.52. The van der Waals surface area contributed by atoms with Gasteiger partial charge in [-0.3, -0.25) is 4.79 Å². The van der Waals surface area contributed by atoms with Gasteiger partial charge in [-0.05, 0) is 34.7 Å². The summed E-state index contributed by atoms with van der Waals surface area (Å²) in [5.41, 5.74) is -2.05. The Kier molecular flexibility index (Phi) is 3.44. The van der Waals surface area contributed by atoms with Crippen LogP contribution in [0.2, 0.25) is 0 Å². The summed E-state index contributed by atoms with van der Waals surface area (Å²) < 4.78 is 39.0. The lowest BCUT2D eigenvalue weighted by molar-refractivity contribution is -0.166. The number of carbonyl (C=O) groups is 1. The number of nitrogens with zero attached hydrogens (tertiary/aromatic N) is 2. The van der Waals surface area contributed by atoms with Crippen LogP contribution >= 0.6 is 22.6 Å². The minimum absolute atomic E-state index is 0.0512. The van der Waals surface area contributed by atoms with Crippen molar-refractivity contribution in [2.24, 2.45) is 16.1 Å². The first-order chi connectivity index (χ1) is 8.69. The van der Waals surface area contributed by atoms with Crippen molar-refractivity contribution in [2.75, 3.05) is 0 Å². The van der Waals surface area contributed by atoms with Crippen LogP contribution in [0.3, 0.4) is 0 Å². The maximum Gasteiger partial charge on any atom is 0.442 e. The fourth-order valence-corrected chi connectivity index (χ4v) is 2.47. The van der Waals surface area contributed by atoms with Gasteiger partial charge in [-0.1, -0.05) is 19.9 Å². The molecular weight excluding hydrogens is 372 g/mol. The zero-order valence-electron chi connectivity index (χ0n) is 10.1. The van der Waals surface area contributed by atoms with E-state index in [0.717, 1.165) is 0 Å². The number of hydrogen-bond acceptors (Lipinski definition) is 3. The smallest absolute Gasteiger partial charge is 0.294 e. The van der Waals surface area contributed by atoms with Gasteiger partial charge in [0.1, 0.15) is 0 Å².